The molecule has 3 aromatic rings. The molecule has 1 nitrogen and oxygen atoms in total. The van der Waals surface area contributed by atoms with Crippen molar-refractivity contribution in [1.29, 1.82) is 0 Å². The molecule has 0 atom stereocenters. The molecule has 1 heterocycles. The standard InChI is InChI=1S/C17H17ClN/c1-17(2,3)19-14-10-6-4-8-12(14)16(18)13-9-5-7-11-15(13)19/h4-11H,1-3H3/q+1. The lowest BCUT2D eigenvalue weighted by Crippen LogP contribution is -2.51. The average molecular weight is 271 g/mol. The highest BCUT2D eigenvalue weighted by Gasteiger charge is 2.29. The van der Waals surface area contributed by atoms with Crippen LogP contribution in [0.25, 0.3) is 21.8 Å². The summed E-state index contributed by atoms with van der Waals surface area (Å²) in [7, 11) is 0. The molecule has 0 aliphatic rings. The Bertz CT molecular complexity index is 712. The first-order valence-electron chi connectivity index (χ1n) is 6.51. The predicted molar refractivity (Wildman–Crippen MR) is 81.7 cm³/mol. The molecule has 1 aromatic heterocycles. The van der Waals surface area contributed by atoms with Crippen LogP contribution in [0.3, 0.4) is 0 Å². The number of rotatable bonds is 0. The van der Waals surface area contributed by atoms with Crippen LogP contribution < -0.4 is 4.57 Å². The summed E-state index contributed by atoms with van der Waals surface area (Å²) in [4.78, 5) is 0. The fourth-order valence-corrected chi connectivity index (χ4v) is 3.03. The molecule has 0 saturated carbocycles. The van der Waals surface area contributed by atoms with Crippen LogP contribution >= 0.6 is 11.6 Å². The summed E-state index contributed by atoms with van der Waals surface area (Å²) in [5, 5.41) is 3.06. The molecular formula is C17H17ClN+. The molecule has 0 unspecified atom stereocenters. The van der Waals surface area contributed by atoms with E-state index < -0.39 is 0 Å². The highest BCUT2D eigenvalue weighted by Crippen LogP contribution is 2.30. The SMILES string of the molecule is CC(C)(C)[n+]1c2ccccc2c(Cl)c2ccccc21. The van der Waals surface area contributed by atoms with E-state index >= 15 is 0 Å². The Hall–Kier alpha value is -1.60. The first-order valence-corrected chi connectivity index (χ1v) is 6.89. The zero-order valence-corrected chi connectivity index (χ0v) is 12.2. The Morgan fingerprint density at radius 3 is 1.63 bits per heavy atom. The third-order valence-corrected chi connectivity index (χ3v) is 3.84. The minimum absolute atomic E-state index is 0.00377. The summed E-state index contributed by atoms with van der Waals surface area (Å²) in [6.45, 7) is 6.67. The number of nitrogens with zero attached hydrogens (tertiary/aromatic N) is 1. The number of aromatic nitrogens is 1. The van der Waals surface area contributed by atoms with Crippen molar-refractivity contribution in [3.05, 3.63) is 53.6 Å². The fraction of sp³-hybridized carbons (Fsp3) is 0.235. The second-order valence-electron chi connectivity index (χ2n) is 5.85. The van der Waals surface area contributed by atoms with Gasteiger partial charge in [0.25, 0.3) is 0 Å². The van der Waals surface area contributed by atoms with Crippen LogP contribution in [0.5, 0.6) is 0 Å². The molecule has 0 aliphatic carbocycles. The zero-order chi connectivity index (χ0) is 13.6. The molecule has 19 heavy (non-hydrogen) atoms. The van der Waals surface area contributed by atoms with Crippen LogP contribution in [0, 0.1) is 0 Å². The van der Waals surface area contributed by atoms with E-state index in [-0.39, 0.29) is 5.54 Å². The first-order chi connectivity index (χ1) is 9.00. The quantitative estimate of drug-likeness (QED) is 0.412. The maximum Gasteiger partial charge on any atom is 0.214 e. The molecule has 0 fully saturated rings. The van der Waals surface area contributed by atoms with E-state index in [4.69, 9.17) is 11.6 Å². The second-order valence-corrected chi connectivity index (χ2v) is 6.23. The van der Waals surface area contributed by atoms with E-state index in [1.165, 1.54) is 11.0 Å². The van der Waals surface area contributed by atoms with E-state index in [1.807, 2.05) is 12.1 Å². The van der Waals surface area contributed by atoms with Gasteiger partial charge in [-0.2, -0.15) is 4.57 Å². The lowest BCUT2D eigenvalue weighted by atomic mass is 10.0. The molecule has 0 aliphatic heterocycles. The summed E-state index contributed by atoms with van der Waals surface area (Å²) in [5.74, 6) is 0. The third kappa shape index (κ3) is 1.89. The van der Waals surface area contributed by atoms with Crippen molar-refractivity contribution >= 4 is 33.4 Å². The first kappa shape index (κ1) is 12.4. The van der Waals surface area contributed by atoms with Gasteiger partial charge < -0.3 is 0 Å². The molecule has 0 amide bonds. The minimum Gasteiger partial charge on any atom is -0.187 e. The Morgan fingerprint density at radius 2 is 1.21 bits per heavy atom. The summed E-state index contributed by atoms with van der Waals surface area (Å²) in [6.07, 6.45) is 0. The average Bonchev–Trinajstić information content (AvgIpc) is 2.38. The van der Waals surface area contributed by atoms with Crippen LogP contribution in [0.2, 0.25) is 5.02 Å². The molecule has 0 spiro atoms. The van der Waals surface area contributed by atoms with Crippen molar-refractivity contribution in [1.82, 2.24) is 0 Å². The van der Waals surface area contributed by atoms with Crippen molar-refractivity contribution in [3.63, 3.8) is 0 Å². The normalized spacial score (nSPS) is 12.2. The van der Waals surface area contributed by atoms with E-state index in [2.05, 4.69) is 61.7 Å². The second kappa shape index (κ2) is 4.21. The van der Waals surface area contributed by atoms with Gasteiger partial charge in [0.1, 0.15) is 0 Å². The molecule has 0 saturated heterocycles. The van der Waals surface area contributed by atoms with Gasteiger partial charge in [-0.05, 0) is 12.1 Å². The van der Waals surface area contributed by atoms with Crippen molar-refractivity contribution < 1.29 is 4.57 Å². The van der Waals surface area contributed by atoms with Crippen LogP contribution in [0.4, 0.5) is 0 Å². The van der Waals surface area contributed by atoms with Crippen molar-refractivity contribution in [2.45, 2.75) is 26.3 Å². The summed E-state index contributed by atoms with van der Waals surface area (Å²) in [5.41, 5.74) is 2.36. The minimum atomic E-state index is 0.00377. The maximum atomic E-state index is 6.58. The Morgan fingerprint density at radius 1 is 0.789 bits per heavy atom. The fourth-order valence-electron chi connectivity index (χ4n) is 2.71. The molecule has 2 heteroatoms. The smallest absolute Gasteiger partial charge is 0.187 e. The number of halogens is 1. The number of benzene rings is 2. The zero-order valence-electron chi connectivity index (χ0n) is 11.4. The molecule has 0 bridgehead atoms. The number of hydrogen-bond acceptors (Lipinski definition) is 0. The van der Waals surface area contributed by atoms with Gasteiger partial charge in [0.15, 0.2) is 5.54 Å². The third-order valence-electron chi connectivity index (χ3n) is 3.43. The van der Waals surface area contributed by atoms with Gasteiger partial charge in [-0.3, -0.25) is 0 Å². The van der Waals surface area contributed by atoms with E-state index in [1.54, 1.807) is 0 Å². The Balaban J connectivity index is 2.65. The van der Waals surface area contributed by atoms with E-state index in [0.717, 1.165) is 15.8 Å². The van der Waals surface area contributed by atoms with Gasteiger partial charge in [-0.25, -0.2) is 0 Å². The predicted octanol–water partition coefficient (Wildman–Crippen LogP) is 4.69. The van der Waals surface area contributed by atoms with Gasteiger partial charge in [0.2, 0.25) is 11.0 Å². The number of fused-ring (bicyclic) bond motifs is 2. The van der Waals surface area contributed by atoms with Crippen LogP contribution in [0.1, 0.15) is 20.8 Å². The summed E-state index contributed by atoms with van der Waals surface area (Å²) < 4.78 is 2.36. The molecule has 0 N–H and O–H groups in total. The Kier molecular flexibility index (Phi) is 2.75. The van der Waals surface area contributed by atoms with E-state index in [9.17, 15) is 0 Å². The van der Waals surface area contributed by atoms with Crippen molar-refractivity contribution in [3.8, 4) is 0 Å². The van der Waals surface area contributed by atoms with E-state index in [0.29, 0.717) is 0 Å². The molecule has 2 aromatic carbocycles. The van der Waals surface area contributed by atoms with Crippen LogP contribution in [-0.2, 0) is 5.54 Å². The molecule has 96 valence electrons. The molecule has 0 radical (unpaired) electrons. The lowest BCUT2D eigenvalue weighted by molar-refractivity contribution is -0.706. The highest BCUT2D eigenvalue weighted by atomic mass is 35.5. The largest absolute Gasteiger partial charge is 0.214 e. The molecule has 3 rings (SSSR count). The number of hydrogen-bond donors (Lipinski definition) is 0. The van der Waals surface area contributed by atoms with Gasteiger partial charge >= 0.3 is 0 Å². The number of para-hydroxylation sites is 2. The topological polar surface area (TPSA) is 3.88 Å². The summed E-state index contributed by atoms with van der Waals surface area (Å²) in [6, 6.07) is 16.7. The van der Waals surface area contributed by atoms with Crippen molar-refractivity contribution in [2.24, 2.45) is 0 Å². The van der Waals surface area contributed by atoms with Gasteiger partial charge in [0, 0.05) is 32.9 Å². The van der Waals surface area contributed by atoms with Crippen molar-refractivity contribution in [2.75, 3.05) is 0 Å². The van der Waals surface area contributed by atoms with Crippen LogP contribution in [-0.4, -0.2) is 0 Å². The van der Waals surface area contributed by atoms with Gasteiger partial charge in [-0.1, -0.05) is 35.9 Å². The monoisotopic (exact) mass is 270 g/mol. The van der Waals surface area contributed by atoms with Gasteiger partial charge in [0.05, 0.1) is 15.8 Å². The maximum absolute atomic E-state index is 6.58. The Labute approximate surface area is 118 Å². The lowest BCUT2D eigenvalue weighted by Gasteiger charge is -2.18. The summed E-state index contributed by atoms with van der Waals surface area (Å²) >= 11 is 6.58. The van der Waals surface area contributed by atoms with Crippen LogP contribution in [0.15, 0.2) is 48.5 Å². The highest BCUT2D eigenvalue weighted by molar-refractivity contribution is 6.39. The van der Waals surface area contributed by atoms with Gasteiger partial charge in [-0.15, -0.1) is 0 Å². The number of pyridine rings is 1. The molecular weight excluding hydrogens is 254 g/mol.